The monoisotopic (exact) mass is 325 g/mol. The highest BCUT2D eigenvalue weighted by atomic mass is 32.2. The standard InChI is InChI=1S/C15H23N3O3S/c1-16-8-9-18(2)15(19)13-4-3-5-14(10-13)22(20,21)17-11-12-6-7-12/h3-5,10,12,16-17H,6-9,11H2,1-2H3. The van der Waals surface area contributed by atoms with Crippen LogP contribution in [0.25, 0.3) is 0 Å². The molecule has 1 saturated carbocycles. The summed E-state index contributed by atoms with van der Waals surface area (Å²) in [7, 11) is -0.0300. The normalized spacial score (nSPS) is 14.8. The van der Waals surface area contributed by atoms with Crippen molar-refractivity contribution in [2.75, 3.05) is 33.7 Å². The van der Waals surface area contributed by atoms with Crippen LogP contribution in [0.4, 0.5) is 0 Å². The third-order valence-electron chi connectivity index (χ3n) is 3.69. The number of rotatable bonds is 8. The molecule has 0 bridgehead atoms. The van der Waals surface area contributed by atoms with Crippen molar-refractivity contribution in [1.29, 1.82) is 0 Å². The number of likely N-dealkylation sites (N-methyl/N-ethyl adjacent to an activating group) is 2. The molecule has 1 aromatic carbocycles. The van der Waals surface area contributed by atoms with Crippen LogP contribution >= 0.6 is 0 Å². The fraction of sp³-hybridized carbons (Fsp3) is 0.533. The molecule has 0 spiro atoms. The first-order valence-corrected chi connectivity index (χ1v) is 8.92. The Kier molecular flexibility index (Phi) is 5.55. The molecule has 0 radical (unpaired) electrons. The maximum atomic E-state index is 12.3. The summed E-state index contributed by atoms with van der Waals surface area (Å²) >= 11 is 0. The van der Waals surface area contributed by atoms with Gasteiger partial charge >= 0.3 is 0 Å². The van der Waals surface area contributed by atoms with E-state index in [1.807, 2.05) is 7.05 Å². The molecule has 6 nitrogen and oxygen atoms in total. The van der Waals surface area contributed by atoms with Gasteiger partial charge in [0.05, 0.1) is 4.90 Å². The average molecular weight is 325 g/mol. The molecule has 1 fully saturated rings. The van der Waals surface area contributed by atoms with E-state index in [1.165, 1.54) is 12.1 Å². The molecule has 7 heteroatoms. The van der Waals surface area contributed by atoms with E-state index in [9.17, 15) is 13.2 Å². The highest BCUT2D eigenvalue weighted by Crippen LogP contribution is 2.28. The molecule has 1 aliphatic rings. The minimum atomic E-state index is -3.55. The van der Waals surface area contributed by atoms with Gasteiger partial charge in [0.2, 0.25) is 10.0 Å². The van der Waals surface area contributed by atoms with Crippen molar-refractivity contribution < 1.29 is 13.2 Å². The van der Waals surface area contributed by atoms with Gasteiger partial charge in [0.15, 0.2) is 0 Å². The van der Waals surface area contributed by atoms with Gasteiger partial charge in [-0.3, -0.25) is 4.79 Å². The molecule has 0 aromatic heterocycles. The van der Waals surface area contributed by atoms with Gasteiger partial charge in [0, 0.05) is 32.2 Å². The third kappa shape index (κ3) is 4.53. The molecular formula is C15H23N3O3S. The largest absolute Gasteiger partial charge is 0.340 e. The lowest BCUT2D eigenvalue weighted by Gasteiger charge is -2.17. The summed E-state index contributed by atoms with van der Waals surface area (Å²) < 4.78 is 27.1. The second-order valence-corrected chi connectivity index (χ2v) is 7.42. The van der Waals surface area contributed by atoms with Crippen LogP contribution in [0, 0.1) is 5.92 Å². The molecule has 2 rings (SSSR count). The van der Waals surface area contributed by atoms with Crippen LogP contribution < -0.4 is 10.0 Å². The van der Waals surface area contributed by atoms with E-state index < -0.39 is 10.0 Å². The predicted octanol–water partition coefficient (Wildman–Crippen LogP) is 0.666. The van der Waals surface area contributed by atoms with Crippen LogP contribution in [-0.2, 0) is 10.0 Å². The number of nitrogens with zero attached hydrogens (tertiary/aromatic N) is 1. The molecule has 0 heterocycles. The van der Waals surface area contributed by atoms with Crippen molar-refractivity contribution in [3.05, 3.63) is 29.8 Å². The number of hydrogen-bond donors (Lipinski definition) is 2. The molecule has 0 unspecified atom stereocenters. The summed E-state index contributed by atoms with van der Waals surface area (Å²) in [6.07, 6.45) is 2.16. The van der Waals surface area contributed by atoms with E-state index in [4.69, 9.17) is 0 Å². The first-order chi connectivity index (χ1) is 10.4. The summed E-state index contributed by atoms with van der Waals surface area (Å²) in [5, 5.41) is 2.97. The first kappa shape index (κ1) is 16.9. The molecule has 1 aliphatic carbocycles. The van der Waals surface area contributed by atoms with E-state index >= 15 is 0 Å². The van der Waals surface area contributed by atoms with Crippen LogP contribution in [0.3, 0.4) is 0 Å². The highest BCUT2D eigenvalue weighted by Gasteiger charge is 2.24. The van der Waals surface area contributed by atoms with Crippen molar-refractivity contribution >= 4 is 15.9 Å². The van der Waals surface area contributed by atoms with E-state index in [2.05, 4.69) is 10.0 Å². The molecule has 0 aliphatic heterocycles. The van der Waals surface area contributed by atoms with Crippen molar-refractivity contribution in [2.24, 2.45) is 5.92 Å². The molecule has 1 amide bonds. The average Bonchev–Trinajstić information content (AvgIpc) is 3.34. The zero-order chi connectivity index (χ0) is 16.2. The van der Waals surface area contributed by atoms with Crippen LogP contribution in [0.15, 0.2) is 29.2 Å². The molecule has 0 saturated heterocycles. The Hall–Kier alpha value is -1.44. The van der Waals surface area contributed by atoms with Gasteiger partial charge in [0.25, 0.3) is 5.91 Å². The van der Waals surface area contributed by atoms with Crippen LogP contribution in [0.2, 0.25) is 0 Å². The van der Waals surface area contributed by atoms with Crippen molar-refractivity contribution in [2.45, 2.75) is 17.7 Å². The third-order valence-corrected chi connectivity index (χ3v) is 5.12. The smallest absolute Gasteiger partial charge is 0.253 e. The van der Waals surface area contributed by atoms with E-state index in [0.29, 0.717) is 31.1 Å². The fourth-order valence-electron chi connectivity index (χ4n) is 2.03. The maximum Gasteiger partial charge on any atom is 0.253 e. The number of carbonyl (C=O) groups is 1. The van der Waals surface area contributed by atoms with Gasteiger partial charge in [-0.15, -0.1) is 0 Å². The topological polar surface area (TPSA) is 78.5 Å². The van der Waals surface area contributed by atoms with Gasteiger partial charge in [0.1, 0.15) is 0 Å². The second kappa shape index (κ2) is 7.21. The number of benzene rings is 1. The zero-order valence-electron chi connectivity index (χ0n) is 13.0. The van der Waals surface area contributed by atoms with Gasteiger partial charge in [-0.1, -0.05) is 6.07 Å². The zero-order valence-corrected chi connectivity index (χ0v) is 13.8. The Morgan fingerprint density at radius 2 is 2.09 bits per heavy atom. The predicted molar refractivity (Wildman–Crippen MR) is 85.2 cm³/mol. The van der Waals surface area contributed by atoms with Crippen LogP contribution in [-0.4, -0.2) is 53.0 Å². The lowest BCUT2D eigenvalue weighted by molar-refractivity contribution is 0.0796. The van der Waals surface area contributed by atoms with Crippen molar-refractivity contribution in [1.82, 2.24) is 14.9 Å². The lowest BCUT2D eigenvalue weighted by atomic mass is 10.2. The molecule has 0 atom stereocenters. The van der Waals surface area contributed by atoms with E-state index in [-0.39, 0.29) is 10.8 Å². The lowest BCUT2D eigenvalue weighted by Crippen LogP contribution is -2.33. The number of amides is 1. The van der Waals surface area contributed by atoms with Crippen LogP contribution in [0.5, 0.6) is 0 Å². The number of carbonyl (C=O) groups excluding carboxylic acids is 1. The van der Waals surface area contributed by atoms with Crippen molar-refractivity contribution in [3.8, 4) is 0 Å². The molecular weight excluding hydrogens is 302 g/mol. The Balaban J connectivity index is 2.09. The van der Waals surface area contributed by atoms with Gasteiger partial charge in [-0.05, 0) is 44.0 Å². The Morgan fingerprint density at radius 3 is 2.73 bits per heavy atom. The van der Waals surface area contributed by atoms with Crippen molar-refractivity contribution in [3.63, 3.8) is 0 Å². The Labute approximate surface area is 131 Å². The van der Waals surface area contributed by atoms with Gasteiger partial charge < -0.3 is 10.2 Å². The minimum absolute atomic E-state index is 0.140. The number of sulfonamides is 1. The Bertz CT molecular complexity index is 627. The Morgan fingerprint density at radius 1 is 1.36 bits per heavy atom. The maximum absolute atomic E-state index is 12.3. The SMILES string of the molecule is CNCCN(C)C(=O)c1cccc(S(=O)(=O)NCC2CC2)c1. The van der Waals surface area contributed by atoms with E-state index in [0.717, 1.165) is 12.8 Å². The van der Waals surface area contributed by atoms with Crippen LogP contribution in [0.1, 0.15) is 23.2 Å². The number of hydrogen-bond acceptors (Lipinski definition) is 4. The first-order valence-electron chi connectivity index (χ1n) is 7.44. The molecule has 22 heavy (non-hydrogen) atoms. The summed E-state index contributed by atoms with van der Waals surface area (Å²) in [6, 6.07) is 6.19. The van der Waals surface area contributed by atoms with E-state index in [1.54, 1.807) is 24.1 Å². The summed E-state index contributed by atoms with van der Waals surface area (Å²) in [4.78, 5) is 14.0. The minimum Gasteiger partial charge on any atom is -0.340 e. The second-order valence-electron chi connectivity index (χ2n) is 5.65. The fourth-order valence-corrected chi connectivity index (χ4v) is 3.19. The quantitative estimate of drug-likeness (QED) is 0.736. The summed E-state index contributed by atoms with van der Waals surface area (Å²) in [6.45, 7) is 1.72. The summed E-state index contributed by atoms with van der Waals surface area (Å²) in [5.41, 5.74) is 0.382. The number of nitrogens with one attached hydrogen (secondary N) is 2. The molecule has 2 N–H and O–H groups in total. The van der Waals surface area contributed by atoms with Gasteiger partial charge in [-0.25, -0.2) is 13.1 Å². The highest BCUT2D eigenvalue weighted by molar-refractivity contribution is 7.89. The summed E-state index contributed by atoms with van der Waals surface area (Å²) in [5.74, 6) is 0.279. The molecule has 122 valence electrons. The molecule has 1 aromatic rings. The van der Waals surface area contributed by atoms with Gasteiger partial charge in [-0.2, -0.15) is 0 Å².